The van der Waals surface area contributed by atoms with Crippen molar-refractivity contribution >= 4 is 27.5 Å². The first-order valence-corrected chi connectivity index (χ1v) is 7.17. The van der Waals surface area contributed by atoms with Gasteiger partial charge in [0.25, 0.3) is 0 Å². The number of ether oxygens (including phenoxy) is 1. The predicted octanol–water partition coefficient (Wildman–Crippen LogP) is 4.47. The number of para-hydroxylation sites is 1. The SMILES string of the molecule is C/C(=C\Cl)COc1c(Br)cccc1CNC(C)C. The fourth-order valence-electron chi connectivity index (χ4n) is 1.39. The summed E-state index contributed by atoms with van der Waals surface area (Å²) in [7, 11) is 0. The van der Waals surface area contributed by atoms with Gasteiger partial charge >= 0.3 is 0 Å². The van der Waals surface area contributed by atoms with Gasteiger partial charge in [-0.1, -0.05) is 37.6 Å². The van der Waals surface area contributed by atoms with Crippen molar-refractivity contribution in [2.45, 2.75) is 33.4 Å². The molecule has 0 aliphatic carbocycles. The quantitative estimate of drug-likeness (QED) is 0.830. The second-order valence-electron chi connectivity index (χ2n) is 4.51. The van der Waals surface area contributed by atoms with Gasteiger partial charge < -0.3 is 10.1 Å². The van der Waals surface area contributed by atoms with E-state index in [9.17, 15) is 0 Å². The lowest BCUT2D eigenvalue weighted by Gasteiger charge is -2.15. The molecule has 4 heteroatoms. The highest BCUT2D eigenvalue weighted by Gasteiger charge is 2.08. The number of benzene rings is 1. The molecule has 0 unspecified atom stereocenters. The summed E-state index contributed by atoms with van der Waals surface area (Å²) in [6.07, 6.45) is 0. The molecule has 1 N–H and O–H groups in total. The molecule has 0 saturated carbocycles. The third kappa shape index (κ3) is 5.01. The van der Waals surface area contributed by atoms with Crippen LogP contribution in [0.2, 0.25) is 0 Å². The Labute approximate surface area is 122 Å². The van der Waals surface area contributed by atoms with Gasteiger partial charge in [-0.25, -0.2) is 0 Å². The van der Waals surface area contributed by atoms with E-state index in [0.717, 1.165) is 27.9 Å². The molecule has 1 rings (SSSR count). The molecule has 1 aromatic rings. The Hall–Kier alpha value is -0.510. The Kier molecular flexibility index (Phi) is 6.76. The second-order valence-corrected chi connectivity index (χ2v) is 5.58. The Morgan fingerprint density at radius 2 is 2.22 bits per heavy atom. The van der Waals surface area contributed by atoms with Crippen LogP contribution in [0.4, 0.5) is 0 Å². The monoisotopic (exact) mass is 331 g/mol. The molecule has 0 aromatic heterocycles. The molecule has 0 heterocycles. The first-order chi connectivity index (χ1) is 8.54. The van der Waals surface area contributed by atoms with Crippen molar-refractivity contribution in [3.63, 3.8) is 0 Å². The Bertz CT molecular complexity index is 418. The number of nitrogens with one attached hydrogen (secondary N) is 1. The van der Waals surface area contributed by atoms with Crippen LogP contribution in [-0.4, -0.2) is 12.6 Å². The summed E-state index contributed by atoms with van der Waals surface area (Å²) in [6.45, 7) is 7.48. The van der Waals surface area contributed by atoms with Crippen LogP contribution in [0.3, 0.4) is 0 Å². The van der Waals surface area contributed by atoms with Crippen molar-refractivity contribution in [1.29, 1.82) is 0 Å². The summed E-state index contributed by atoms with van der Waals surface area (Å²) in [5.74, 6) is 0.878. The van der Waals surface area contributed by atoms with Crippen LogP contribution in [0.1, 0.15) is 26.3 Å². The normalized spacial score (nSPS) is 12.0. The van der Waals surface area contributed by atoms with Crippen LogP contribution in [0.15, 0.2) is 33.8 Å². The van der Waals surface area contributed by atoms with Crippen LogP contribution in [0, 0.1) is 0 Å². The van der Waals surface area contributed by atoms with Gasteiger partial charge in [-0.3, -0.25) is 0 Å². The zero-order valence-electron chi connectivity index (χ0n) is 11.0. The van der Waals surface area contributed by atoms with Gasteiger partial charge in [0.15, 0.2) is 0 Å². The lowest BCUT2D eigenvalue weighted by Crippen LogP contribution is -2.22. The van der Waals surface area contributed by atoms with E-state index in [4.69, 9.17) is 16.3 Å². The molecule has 18 heavy (non-hydrogen) atoms. The molecule has 0 bridgehead atoms. The van der Waals surface area contributed by atoms with Crippen LogP contribution in [-0.2, 0) is 6.54 Å². The molecular formula is C14H19BrClNO. The van der Waals surface area contributed by atoms with Crippen molar-refractivity contribution in [2.24, 2.45) is 0 Å². The lowest BCUT2D eigenvalue weighted by molar-refractivity contribution is 0.344. The lowest BCUT2D eigenvalue weighted by atomic mass is 10.2. The standard InChI is InChI=1S/C14H19BrClNO/c1-10(2)17-8-12-5-4-6-13(15)14(12)18-9-11(3)7-16/h4-7,10,17H,8-9H2,1-3H3/b11-7+. The van der Waals surface area contributed by atoms with Crippen LogP contribution < -0.4 is 10.1 Å². The van der Waals surface area contributed by atoms with Gasteiger partial charge in [0.05, 0.1) is 4.47 Å². The summed E-state index contributed by atoms with van der Waals surface area (Å²) in [5, 5.41) is 3.39. The first kappa shape index (κ1) is 15.5. The van der Waals surface area contributed by atoms with E-state index in [2.05, 4.69) is 41.2 Å². The Morgan fingerprint density at radius 3 is 2.83 bits per heavy atom. The smallest absolute Gasteiger partial charge is 0.138 e. The number of rotatable bonds is 6. The van der Waals surface area contributed by atoms with Crippen molar-refractivity contribution < 1.29 is 4.74 Å². The third-order valence-corrected chi connectivity index (χ3v) is 3.38. The van der Waals surface area contributed by atoms with E-state index in [1.807, 2.05) is 19.1 Å². The molecule has 0 fully saturated rings. The maximum atomic E-state index is 5.81. The molecule has 0 atom stereocenters. The maximum absolute atomic E-state index is 5.81. The molecule has 1 aromatic carbocycles. The second kappa shape index (κ2) is 7.82. The molecule has 0 aliphatic heterocycles. The zero-order chi connectivity index (χ0) is 13.5. The van der Waals surface area contributed by atoms with Crippen molar-refractivity contribution in [3.05, 3.63) is 39.3 Å². The molecule has 0 spiro atoms. The van der Waals surface area contributed by atoms with E-state index >= 15 is 0 Å². The number of halogens is 2. The van der Waals surface area contributed by atoms with Gasteiger partial charge in [0.1, 0.15) is 12.4 Å². The van der Waals surface area contributed by atoms with Gasteiger partial charge in [-0.15, -0.1) is 0 Å². The Morgan fingerprint density at radius 1 is 1.50 bits per heavy atom. The highest BCUT2D eigenvalue weighted by Crippen LogP contribution is 2.29. The Balaban J connectivity index is 2.80. The fourth-order valence-corrected chi connectivity index (χ4v) is 1.97. The van der Waals surface area contributed by atoms with E-state index in [-0.39, 0.29) is 0 Å². The number of hydrogen-bond acceptors (Lipinski definition) is 2. The minimum atomic E-state index is 0.446. The van der Waals surface area contributed by atoms with Crippen LogP contribution >= 0.6 is 27.5 Å². The van der Waals surface area contributed by atoms with E-state index in [0.29, 0.717) is 12.6 Å². The van der Waals surface area contributed by atoms with Crippen LogP contribution in [0.5, 0.6) is 5.75 Å². The molecule has 0 radical (unpaired) electrons. The van der Waals surface area contributed by atoms with Crippen molar-refractivity contribution in [3.8, 4) is 5.75 Å². The summed E-state index contributed by atoms with van der Waals surface area (Å²) in [4.78, 5) is 0. The topological polar surface area (TPSA) is 21.3 Å². The highest BCUT2D eigenvalue weighted by atomic mass is 79.9. The van der Waals surface area contributed by atoms with Gasteiger partial charge in [0, 0.05) is 23.7 Å². The van der Waals surface area contributed by atoms with E-state index < -0.39 is 0 Å². The van der Waals surface area contributed by atoms with Crippen LogP contribution in [0.25, 0.3) is 0 Å². The third-order valence-electron chi connectivity index (χ3n) is 2.38. The summed E-state index contributed by atoms with van der Waals surface area (Å²) < 4.78 is 6.78. The largest absolute Gasteiger partial charge is 0.488 e. The molecule has 0 aliphatic rings. The zero-order valence-corrected chi connectivity index (χ0v) is 13.3. The predicted molar refractivity (Wildman–Crippen MR) is 81.2 cm³/mol. The molecular weight excluding hydrogens is 314 g/mol. The maximum Gasteiger partial charge on any atom is 0.138 e. The van der Waals surface area contributed by atoms with Gasteiger partial charge in [0.2, 0.25) is 0 Å². The van der Waals surface area contributed by atoms with Gasteiger partial charge in [-0.05, 0) is 34.5 Å². The minimum Gasteiger partial charge on any atom is -0.488 e. The average Bonchev–Trinajstić information content (AvgIpc) is 2.34. The summed E-state index contributed by atoms with van der Waals surface area (Å²) in [6, 6.07) is 6.50. The van der Waals surface area contributed by atoms with Crippen molar-refractivity contribution in [2.75, 3.05) is 6.61 Å². The van der Waals surface area contributed by atoms with Gasteiger partial charge in [-0.2, -0.15) is 0 Å². The molecule has 0 amide bonds. The van der Waals surface area contributed by atoms with E-state index in [1.165, 1.54) is 0 Å². The number of hydrogen-bond donors (Lipinski definition) is 1. The molecule has 2 nitrogen and oxygen atoms in total. The van der Waals surface area contributed by atoms with E-state index in [1.54, 1.807) is 5.54 Å². The molecule has 100 valence electrons. The highest BCUT2D eigenvalue weighted by molar-refractivity contribution is 9.10. The minimum absolute atomic E-state index is 0.446. The first-order valence-electron chi connectivity index (χ1n) is 5.94. The summed E-state index contributed by atoms with van der Waals surface area (Å²) in [5.41, 5.74) is 3.68. The van der Waals surface area contributed by atoms with Crippen molar-refractivity contribution in [1.82, 2.24) is 5.32 Å². The fraction of sp³-hybridized carbons (Fsp3) is 0.429. The summed E-state index contributed by atoms with van der Waals surface area (Å²) >= 11 is 9.16. The average molecular weight is 333 g/mol. The molecule has 0 saturated heterocycles.